The molecule has 0 aliphatic carbocycles. The van der Waals surface area contributed by atoms with Crippen molar-refractivity contribution in [3.8, 4) is 0 Å². The maximum absolute atomic E-state index is 12.6. The third-order valence-corrected chi connectivity index (χ3v) is 4.35. The highest BCUT2D eigenvalue weighted by atomic mass is 35.5. The fourth-order valence-corrected chi connectivity index (χ4v) is 2.87. The highest BCUT2D eigenvalue weighted by Gasteiger charge is 2.20. The van der Waals surface area contributed by atoms with Crippen LogP contribution in [-0.2, 0) is 11.3 Å². The molecule has 0 saturated carbocycles. The van der Waals surface area contributed by atoms with E-state index in [1.807, 2.05) is 30.3 Å². The van der Waals surface area contributed by atoms with Crippen molar-refractivity contribution in [2.24, 2.45) is 0 Å². The summed E-state index contributed by atoms with van der Waals surface area (Å²) in [6.07, 6.45) is 0.00879. The van der Waals surface area contributed by atoms with Crippen molar-refractivity contribution < 1.29 is 9.59 Å². The van der Waals surface area contributed by atoms with Gasteiger partial charge in [-0.25, -0.2) is 9.89 Å². The molecule has 4 N–H and O–H groups in total. The van der Waals surface area contributed by atoms with Crippen molar-refractivity contribution in [1.29, 1.82) is 0 Å². The fraction of sp³-hybridized carbons (Fsp3) is 0.158. The minimum absolute atomic E-state index is 0.00879. The van der Waals surface area contributed by atoms with Gasteiger partial charge in [-0.1, -0.05) is 54.1 Å². The van der Waals surface area contributed by atoms with Crippen LogP contribution in [-0.4, -0.2) is 27.0 Å². The van der Waals surface area contributed by atoms with Gasteiger partial charge in [-0.05, 0) is 17.7 Å². The van der Waals surface area contributed by atoms with Gasteiger partial charge in [-0.2, -0.15) is 5.10 Å². The smallest absolute Gasteiger partial charge is 0.340 e. The number of nitrogens with zero attached hydrogens (tertiary/aromatic N) is 1. The van der Waals surface area contributed by atoms with E-state index in [1.54, 1.807) is 24.3 Å². The first kappa shape index (κ1) is 19.4. The molecule has 0 radical (unpaired) electrons. The molecule has 3 rings (SSSR count). The summed E-state index contributed by atoms with van der Waals surface area (Å²) >= 11 is 6.09. The van der Waals surface area contributed by atoms with Crippen LogP contribution in [0.15, 0.2) is 59.4 Å². The minimum Gasteiger partial charge on any atom is -0.349 e. The van der Waals surface area contributed by atoms with Crippen molar-refractivity contribution >= 4 is 23.4 Å². The zero-order valence-electron chi connectivity index (χ0n) is 14.7. The molecule has 28 heavy (non-hydrogen) atoms. The summed E-state index contributed by atoms with van der Waals surface area (Å²) in [6.45, 7) is 0.0670. The number of halogens is 1. The Bertz CT molecular complexity index is 1020. The molecule has 0 aliphatic heterocycles. The summed E-state index contributed by atoms with van der Waals surface area (Å²) in [5, 5.41) is 11.8. The summed E-state index contributed by atoms with van der Waals surface area (Å²) in [4.78, 5) is 38.5. The Hall–Kier alpha value is -3.39. The van der Waals surface area contributed by atoms with E-state index < -0.39 is 11.7 Å². The Balaban J connectivity index is 1.70. The Morgan fingerprint density at radius 3 is 2.46 bits per heavy atom. The molecule has 3 aromatic rings. The van der Waals surface area contributed by atoms with E-state index in [4.69, 9.17) is 11.6 Å². The second kappa shape index (κ2) is 9.01. The van der Waals surface area contributed by atoms with Gasteiger partial charge >= 0.3 is 5.69 Å². The number of nitrogens with one attached hydrogen (secondary N) is 4. The van der Waals surface area contributed by atoms with Gasteiger partial charge in [0.25, 0.3) is 5.91 Å². The van der Waals surface area contributed by atoms with Crippen molar-refractivity contribution in [2.75, 3.05) is 0 Å². The summed E-state index contributed by atoms with van der Waals surface area (Å²) in [7, 11) is 0. The number of carbonyl (C=O) groups is 2. The van der Waals surface area contributed by atoms with Crippen LogP contribution < -0.4 is 16.3 Å². The van der Waals surface area contributed by atoms with Gasteiger partial charge in [0, 0.05) is 0 Å². The molecule has 1 heterocycles. The Kier molecular flexibility index (Phi) is 6.23. The van der Waals surface area contributed by atoms with Crippen LogP contribution in [0.2, 0.25) is 5.02 Å². The first-order chi connectivity index (χ1) is 13.5. The molecule has 8 nitrogen and oxygen atoms in total. The summed E-state index contributed by atoms with van der Waals surface area (Å²) in [5.41, 5.74) is 0.671. The van der Waals surface area contributed by atoms with E-state index in [1.165, 1.54) is 0 Å². The average Bonchev–Trinajstić information content (AvgIpc) is 3.12. The quantitative estimate of drug-likeness (QED) is 0.485. The summed E-state index contributed by atoms with van der Waals surface area (Å²) in [6, 6.07) is 15.3. The molecule has 1 atom stereocenters. The third kappa shape index (κ3) is 5.08. The monoisotopic (exact) mass is 399 g/mol. The highest BCUT2D eigenvalue weighted by molar-refractivity contribution is 6.33. The molecule has 0 bridgehead atoms. The molecule has 0 saturated heterocycles. The van der Waals surface area contributed by atoms with Crippen LogP contribution in [0.5, 0.6) is 0 Å². The maximum Gasteiger partial charge on any atom is 0.340 e. The van der Waals surface area contributed by atoms with Crippen molar-refractivity contribution in [3.05, 3.63) is 87.1 Å². The molecule has 144 valence electrons. The average molecular weight is 400 g/mol. The lowest BCUT2D eigenvalue weighted by atomic mass is 10.0. The Morgan fingerprint density at radius 2 is 1.79 bits per heavy atom. The highest BCUT2D eigenvalue weighted by Crippen LogP contribution is 2.20. The summed E-state index contributed by atoms with van der Waals surface area (Å²) < 4.78 is 0. The van der Waals surface area contributed by atoms with Crippen LogP contribution in [0.25, 0.3) is 0 Å². The zero-order chi connectivity index (χ0) is 19.9. The Labute approximate surface area is 165 Å². The predicted molar refractivity (Wildman–Crippen MR) is 104 cm³/mol. The topological polar surface area (TPSA) is 120 Å². The largest absolute Gasteiger partial charge is 0.349 e. The van der Waals surface area contributed by atoms with Gasteiger partial charge in [0.2, 0.25) is 5.91 Å². The Morgan fingerprint density at radius 1 is 1.07 bits per heavy atom. The van der Waals surface area contributed by atoms with Gasteiger partial charge in [-0.3, -0.25) is 14.6 Å². The van der Waals surface area contributed by atoms with E-state index in [-0.39, 0.29) is 24.8 Å². The minimum atomic E-state index is -0.553. The number of aromatic nitrogens is 3. The van der Waals surface area contributed by atoms with E-state index in [9.17, 15) is 14.4 Å². The number of hydrogen-bond donors (Lipinski definition) is 4. The molecule has 0 spiro atoms. The van der Waals surface area contributed by atoms with Crippen molar-refractivity contribution in [2.45, 2.75) is 19.0 Å². The standard InChI is InChI=1S/C19H18ClN5O3/c20-14-9-5-4-8-13(14)18(27)22-15(12-6-2-1-3-7-12)10-17(26)21-11-16-23-19(28)25-24-16/h1-9,15H,10-11H2,(H,21,26)(H,22,27)(H2,23,24,25,28). The number of hydrogen-bond acceptors (Lipinski definition) is 4. The molecule has 9 heteroatoms. The molecule has 1 unspecified atom stereocenters. The van der Waals surface area contributed by atoms with Crippen LogP contribution in [0.3, 0.4) is 0 Å². The van der Waals surface area contributed by atoms with E-state index in [0.29, 0.717) is 16.4 Å². The maximum atomic E-state index is 12.6. The van der Waals surface area contributed by atoms with Crippen LogP contribution in [0.4, 0.5) is 0 Å². The number of aromatic amines is 2. The molecule has 0 fully saturated rings. The molecule has 0 aliphatic rings. The first-order valence-electron chi connectivity index (χ1n) is 8.53. The lowest BCUT2D eigenvalue weighted by Gasteiger charge is -2.19. The van der Waals surface area contributed by atoms with Crippen LogP contribution in [0, 0.1) is 0 Å². The number of rotatable bonds is 7. The van der Waals surface area contributed by atoms with Gasteiger partial charge in [0.1, 0.15) is 5.82 Å². The molecule has 1 aromatic heterocycles. The van der Waals surface area contributed by atoms with Crippen molar-refractivity contribution in [1.82, 2.24) is 25.8 Å². The molecular formula is C19H18ClN5O3. The third-order valence-electron chi connectivity index (χ3n) is 4.02. The lowest BCUT2D eigenvalue weighted by Crippen LogP contribution is -2.34. The number of amides is 2. The fourth-order valence-electron chi connectivity index (χ4n) is 2.65. The van der Waals surface area contributed by atoms with E-state index in [0.717, 1.165) is 5.56 Å². The van der Waals surface area contributed by atoms with E-state index >= 15 is 0 Å². The van der Waals surface area contributed by atoms with E-state index in [2.05, 4.69) is 25.8 Å². The second-order valence-corrected chi connectivity index (χ2v) is 6.43. The first-order valence-corrected chi connectivity index (χ1v) is 8.91. The lowest BCUT2D eigenvalue weighted by molar-refractivity contribution is -0.121. The van der Waals surface area contributed by atoms with Crippen LogP contribution in [0.1, 0.15) is 34.2 Å². The zero-order valence-corrected chi connectivity index (χ0v) is 15.5. The van der Waals surface area contributed by atoms with Crippen LogP contribution >= 0.6 is 11.6 Å². The normalized spacial score (nSPS) is 11.6. The molecule has 2 amide bonds. The van der Waals surface area contributed by atoms with Crippen molar-refractivity contribution in [3.63, 3.8) is 0 Å². The van der Waals surface area contributed by atoms with Gasteiger partial charge in [-0.15, -0.1) is 0 Å². The van der Waals surface area contributed by atoms with Gasteiger partial charge in [0.15, 0.2) is 0 Å². The summed E-state index contributed by atoms with van der Waals surface area (Å²) in [5.74, 6) is -0.365. The number of carbonyl (C=O) groups excluding carboxylic acids is 2. The number of benzene rings is 2. The number of H-pyrrole nitrogens is 2. The second-order valence-electron chi connectivity index (χ2n) is 6.02. The molecule has 2 aromatic carbocycles. The SMILES string of the molecule is O=C(CC(NC(=O)c1ccccc1Cl)c1ccccc1)NCc1n[nH]c(=O)[nH]1. The van der Waals surface area contributed by atoms with Gasteiger partial charge in [0.05, 0.1) is 29.6 Å². The van der Waals surface area contributed by atoms with Gasteiger partial charge < -0.3 is 10.6 Å². The molecular weight excluding hydrogens is 382 g/mol. The predicted octanol–water partition coefficient (Wildman–Crippen LogP) is 1.93.